The topological polar surface area (TPSA) is 145 Å². The van der Waals surface area contributed by atoms with Gasteiger partial charge in [-0.3, -0.25) is 9.59 Å². The predicted molar refractivity (Wildman–Crippen MR) is 136 cm³/mol. The SMILES string of the molecule is NC(N)=Nc1ccc(C(=O)Oc2ccc(CCC(=O)C#C[C@@H](CC(=O)O)c3ccccc3)cc2)cc1. The van der Waals surface area contributed by atoms with Crippen molar-refractivity contribution in [3.8, 4) is 17.6 Å². The first-order chi connectivity index (χ1) is 17.3. The minimum atomic E-state index is -0.977. The molecule has 0 radical (unpaired) electrons. The van der Waals surface area contributed by atoms with E-state index in [4.69, 9.17) is 21.3 Å². The molecular weight excluding hydrogens is 458 g/mol. The highest BCUT2D eigenvalue weighted by atomic mass is 16.5. The molecule has 0 saturated heterocycles. The Morgan fingerprint density at radius 1 is 0.917 bits per heavy atom. The second kappa shape index (κ2) is 12.5. The zero-order valence-corrected chi connectivity index (χ0v) is 19.4. The Morgan fingerprint density at radius 2 is 1.58 bits per heavy atom. The van der Waals surface area contributed by atoms with Gasteiger partial charge in [0.1, 0.15) is 5.75 Å². The summed E-state index contributed by atoms with van der Waals surface area (Å²) < 4.78 is 5.38. The van der Waals surface area contributed by atoms with Gasteiger partial charge in [-0.15, -0.1) is 0 Å². The van der Waals surface area contributed by atoms with Crippen molar-refractivity contribution in [2.24, 2.45) is 16.5 Å². The van der Waals surface area contributed by atoms with E-state index in [0.717, 1.165) is 11.1 Å². The third-order valence-corrected chi connectivity index (χ3v) is 5.10. The fourth-order valence-electron chi connectivity index (χ4n) is 3.31. The number of carboxylic acid groups (broad SMARTS) is 1. The van der Waals surface area contributed by atoms with Crippen molar-refractivity contribution in [2.45, 2.75) is 25.2 Å². The average molecular weight is 484 g/mol. The summed E-state index contributed by atoms with van der Waals surface area (Å²) in [5.74, 6) is 3.34. The van der Waals surface area contributed by atoms with Crippen LogP contribution >= 0.6 is 0 Å². The van der Waals surface area contributed by atoms with Gasteiger partial charge in [-0.1, -0.05) is 48.4 Å². The number of aliphatic imine (C=N–C) groups is 1. The lowest BCUT2D eigenvalue weighted by Crippen LogP contribution is -2.21. The first-order valence-corrected chi connectivity index (χ1v) is 11.1. The van der Waals surface area contributed by atoms with E-state index in [1.165, 1.54) is 0 Å². The van der Waals surface area contributed by atoms with Crippen LogP contribution in [0.1, 0.15) is 40.2 Å². The summed E-state index contributed by atoms with van der Waals surface area (Å²) in [6.45, 7) is 0. The summed E-state index contributed by atoms with van der Waals surface area (Å²) in [6.07, 6.45) is 0.455. The van der Waals surface area contributed by atoms with Gasteiger partial charge in [0.2, 0.25) is 5.78 Å². The Hall–Kier alpha value is -4.90. The van der Waals surface area contributed by atoms with Crippen molar-refractivity contribution in [3.05, 3.63) is 95.6 Å². The molecule has 3 aromatic rings. The molecule has 0 fully saturated rings. The van der Waals surface area contributed by atoms with Crippen LogP contribution in [0.5, 0.6) is 5.75 Å². The van der Waals surface area contributed by atoms with Crippen molar-refractivity contribution < 1.29 is 24.2 Å². The van der Waals surface area contributed by atoms with Gasteiger partial charge in [-0.05, 0) is 59.9 Å². The summed E-state index contributed by atoms with van der Waals surface area (Å²) in [5.41, 5.74) is 13.2. The molecule has 36 heavy (non-hydrogen) atoms. The van der Waals surface area contributed by atoms with Crippen molar-refractivity contribution in [1.29, 1.82) is 0 Å². The smallest absolute Gasteiger partial charge is 0.343 e. The van der Waals surface area contributed by atoms with Crippen LogP contribution < -0.4 is 16.2 Å². The molecule has 1 atom stereocenters. The second-order valence-corrected chi connectivity index (χ2v) is 7.87. The highest BCUT2D eigenvalue weighted by Gasteiger charge is 2.13. The molecule has 0 aliphatic rings. The van der Waals surface area contributed by atoms with Gasteiger partial charge >= 0.3 is 11.9 Å². The Labute approximate surface area is 208 Å². The van der Waals surface area contributed by atoms with E-state index in [2.05, 4.69) is 16.8 Å². The Bertz CT molecular complexity index is 1300. The molecule has 0 aliphatic heterocycles. The number of hydrogen-bond acceptors (Lipinski definition) is 5. The fraction of sp³-hybridized carbons (Fsp3) is 0.143. The molecule has 5 N–H and O–H groups in total. The number of esters is 1. The number of hydrogen-bond donors (Lipinski definition) is 3. The van der Waals surface area contributed by atoms with Crippen LogP contribution in [-0.2, 0) is 16.0 Å². The van der Waals surface area contributed by atoms with Crippen LogP contribution in [0.2, 0.25) is 0 Å². The van der Waals surface area contributed by atoms with E-state index in [0.29, 0.717) is 23.4 Å². The first kappa shape index (κ1) is 25.7. The number of guanidine groups is 1. The van der Waals surface area contributed by atoms with Crippen LogP contribution in [-0.4, -0.2) is 28.8 Å². The van der Waals surface area contributed by atoms with Crippen LogP contribution in [0.4, 0.5) is 5.69 Å². The minimum Gasteiger partial charge on any atom is -0.481 e. The number of nitrogens with two attached hydrogens (primary N) is 2. The lowest BCUT2D eigenvalue weighted by Gasteiger charge is -2.07. The van der Waals surface area contributed by atoms with Gasteiger partial charge in [0.15, 0.2) is 5.96 Å². The van der Waals surface area contributed by atoms with Crippen molar-refractivity contribution >= 4 is 29.4 Å². The van der Waals surface area contributed by atoms with Crippen LogP contribution in [0, 0.1) is 11.8 Å². The zero-order chi connectivity index (χ0) is 25.9. The molecule has 8 nitrogen and oxygen atoms in total. The Morgan fingerprint density at radius 3 is 2.19 bits per heavy atom. The standard InChI is InChI=1S/C28H25N3O5/c29-28(30)31-23-12-9-21(10-13-23)27(35)36-25-16-7-19(8-17-25)6-14-24(32)15-11-22(18-26(33)34)20-4-2-1-3-5-20/h1-5,7-10,12-13,16-17,22H,6,14,18H2,(H,33,34)(H4,29,30,31)/t22-/m0/s1. The number of benzene rings is 3. The van der Waals surface area contributed by atoms with Crippen LogP contribution in [0.15, 0.2) is 83.9 Å². The van der Waals surface area contributed by atoms with Gasteiger partial charge in [-0.25, -0.2) is 9.79 Å². The van der Waals surface area contributed by atoms with Crippen LogP contribution in [0.3, 0.4) is 0 Å². The molecule has 0 aromatic heterocycles. The fourth-order valence-corrected chi connectivity index (χ4v) is 3.31. The zero-order valence-electron chi connectivity index (χ0n) is 19.4. The summed E-state index contributed by atoms with van der Waals surface area (Å²) in [5, 5.41) is 9.15. The van der Waals surface area contributed by atoms with E-state index in [9.17, 15) is 14.4 Å². The molecule has 0 bridgehead atoms. The lowest BCUT2D eigenvalue weighted by molar-refractivity contribution is -0.137. The maximum Gasteiger partial charge on any atom is 0.343 e. The van der Waals surface area contributed by atoms with E-state index in [1.807, 2.05) is 6.07 Å². The summed E-state index contributed by atoms with van der Waals surface area (Å²) in [4.78, 5) is 39.7. The van der Waals surface area contributed by atoms with E-state index in [1.54, 1.807) is 72.8 Å². The Balaban J connectivity index is 1.54. The Kier molecular flexibility index (Phi) is 8.95. The number of carbonyl (C=O) groups is 3. The quantitative estimate of drug-likeness (QED) is 0.105. The predicted octanol–water partition coefficient (Wildman–Crippen LogP) is 3.57. The molecule has 0 saturated carbocycles. The van der Waals surface area contributed by atoms with Gasteiger partial charge in [0.25, 0.3) is 0 Å². The monoisotopic (exact) mass is 483 g/mol. The number of ketones is 1. The molecule has 0 unspecified atom stereocenters. The van der Waals surface area contributed by atoms with Crippen molar-refractivity contribution in [2.75, 3.05) is 0 Å². The van der Waals surface area contributed by atoms with Crippen molar-refractivity contribution in [1.82, 2.24) is 0 Å². The number of carboxylic acids is 1. The highest BCUT2D eigenvalue weighted by Crippen LogP contribution is 2.19. The number of carbonyl (C=O) groups excluding carboxylic acids is 2. The molecule has 0 amide bonds. The average Bonchev–Trinajstić information content (AvgIpc) is 2.86. The summed E-state index contributed by atoms with van der Waals surface area (Å²) in [7, 11) is 0. The molecule has 0 aliphatic carbocycles. The number of aryl methyl sites for hydroxylation is 1. The molecule has 182 valence electrons. The first-order valence-electron chi connectivity index (χ1n) is 11.1. The molecule has 8 heteroatoms. The maximum atomic E-state index is 12.3. The van der Waals surface area contributed by atoms with E-state index < -0.39 is 17.9 Å². The maximum absolute atomic E-state index is 12.3. The van der Waals surface area contributed by atoms with Crippen molar-refractivity contribution in [3.63, 3.8) is 0 Å². The number of aliphatic carboxylic acids is 1. The van der Waals surface area contributed by atoms with Gasteiger partial charge in [0, 0.05) is 6.42 Å². The number of nitrogens with zero attached hydrogens (tertiary/aromatic N) is 1. The molecule has 0 spiro atoms. The third-order valence-electron chi connectivity index (χ3n) is 5.10. The van der Waals surface area contributed by atoms with E-state index in [-0.39, 0.29) is 24.6 Å². The third kappa shape index (κ3) is 8.15. The van der Waals surface area contributed by atoms with Gasteiger partial charge < -0.3 is 21.3 Å². The van der Waals surface area contributed by atoms with Gasteiger partial charge in [-0.2, -0.15) is 0 Å². The van der Waals surface area contributed by atoms with E-state index >= 15 is 0 Å². The summed E-state index contributed by atoms with van der Waals surface area (Å²) >= 11 is 0. The molecular formula is C28H25N3O5. The molecule has 3 rings (SSSR count). The second-order valence-electron chi connectivity index (χ2n) is 7.87. The summed E-state index contributed by atoms with van der Waals surface area (Å²) in [6, 6.07) is 22.2. The number of rotatable bonds is 9. The van der Waals surface area contributed by atoms with Crippen LogP contribution in [0.25, 0.3) is 0 Å². The largest absolute Gasteiger partial charge is 0.481 e. The normalized spacial score (nSPS) is 10.9. The number of Topliss-reactive ketones (excluding diaryl/α,β-unsaturated/α-hetero) is 1. The molecule has 3 aromatic carbocycles. The molecule has 0 heterocycles. The van der Waals surface area contributed by atoms with Gasteiger partial charge in [0.05, 0.1) is 23.6 Å². The highest BCUT2D eigenvalue weighted by molar-refractivity contribution is 5.95. The lowest BCUT2D eigenvalue weighted by atomic mass is 9.96. The number of ether oxygens (including phenoxy) is 1. The minimum absolute atomic E-state index is 0.0753.